The van der Waals surface area contributed by atoms with Gasteiger partial charge in [0, 0.05) is 36.2 Å². The monoisotopic (exact) mass is 407 g/mol. The molecule has 3 rings (SSSR count). The van der Waals surface area contributed by atoms with Gasteiger partial charge in [-0.1, -0.05) is 41.4 Å². The number of carbonyl (C=O) groups excluding carboxylic acids is 1. The van der Waals surface area contributed by atoms with Crippen LogP contribution in [0.4, 0.5) is 10.5 Å². The molecule has 0 aromatic heterocycles. The van der Waals surface area contributed by atoms with Gasteiger partial charge in [0.2, 0.25) is 0 Å². The van der Waals surface area contributed by atoms with E-state index in [0.717, 1.165) is 36.5 Å². The molecule has 0 aliphatic carbocycles. The van der Waals surface area contributed by atoms with Crippen molar-refractivity contribution >= 4 is 34.9 Å². The van der Waals surface area contributed by atoms with Gasteiger partial charge in [0.15, 0.2) is 0 Å². The van der Waals surface area contributed by atoms with Crippen LogP contribution in [0.2, 0.25) is 10.0 Å². The van der Waals surface area contributed by atoms with E-state index in [-0.39, 0.29) is 6.03 Å². The Bertz CT molecular complexity index is 801. The zero-order valence-electron chi connectivity index (χ0n) is 15.2. The lowest BCUT2D eigenvalue weighted by atomic mass is 10.1. The van der Waals surface area contributed by atoms with E-state index in [1.54, 1.807) is 19.2 Å². The highest BCUT2D eigenvalue weighted by atomic mass is 35.5. The smallest absolute Gasteiger partial charge is 0.315 e. The van der Waals surface area contributed by atoms with Gasteiger partial charge in [0.25, 0.3) is 0 Å². The molecule has 1 saturated heterocycles. The number of halogens is 2. The molecular formula is C20H23Cl2N3O2. The summed E-state index contributed by atoms with van der Waals surface area (Å²) in [5.74, 6) is 1.28. The summed E-state index contributed by atoms with van der Waals surface area (Å²) in [4.78, 5) is 14.4. The Balaban J connectivity index is 1.44. The second-order valence-corrected chi connectivity index (χ2v) is 7.42. The van der Waals surface area contributed by atoms with Crippen LogP contribution in [0.5, 0.6) is 5.75 Å². The molecule has 2 N–H and O–H groups in total. The molecule has 144 valence electrons. The molecule has 7 heteroatoms. The number of carbonyl (C=O) groups is 1. The van der Waals surface area contributed by atoms with Crippen LogP contribution in [-0.4, -0.2) is 32.8 Å². The SMILES string of the molecule is COc1ccccc1N1CCC(CNC(=O)NCc2ccc(Cl)cc2Cl)C1. The van der Waals surface area contributed by atoms with Gasteiger partial charge >= 0.3 is 6.03 Å². The molecule has 1 fully saturated rings. The van der Waals surface area contributed by atoms with Crippen molar-refractivity contribution in [1.29, 1.82) is 0 Å². The first-order valence-corrected chi connectivity index (χ1v) is 9.66. The normalized spacial score (nSPS) is 16.3. The van der Waals surface area contributed by atoms with Crippen LogP contribution in [0.3, 0.4) is 0 Å². The molecule has 2 aromatic carbocycles. The summed E-state index contributed by atoms with van der Waals surface area (Å²) in [6.45, 7) is 2.84. The molecule has 0 spiro atoms. The lowest BCUT2D eigenvalue weighted by molar-refractivity contribution is 0.239. The molecule has 27 heavy (non-hydrogen) atoms. The summed E-state index contributed by atoms with van der Waals surface area (Å²) in [6.07, 6.45) is 1.03. The number of methoxy groups -OCH3 is 1. The number of benzene rings is 2. The molecule has 1 aliphatic heterocycles. The van der Waals surface area contributed by atoms with E-state index in [1.165, 1.54) is 0 Å². The number of hydrogen-bond donors (Lipinski definition) is 2. The molecule has 0 radical (unpaired) electrons. The van der Waals surface area contributed by atoms with Crippen LogP contribution >= 0.6 is 23.2 Å². The number of anilines is 1. The summed E-state index contributed by atoms with van der Waals surface area (Å²) in [5.41, 5.74) is 1.93. The average molecular weight is 408 g/mol. The number of ether oxygens (including phenoxy) is 1. The minimum atomic E-state index is -0.197. The highest BCUT2D eigenvalue weighted by Gasteiger charge is 2.24. The Morgan fingerprint density at radius 3 is 2.81 bits per heavy atom. The maximum Gasteiger partial charge on any atom is 0.315 e. The average Bonchev–Trinajstić information content (AvgIpc) is 3.14. The zero-order valence-corrected chi connectivity index (χ0v) is 16.7. The molecule has 5 nitrogen and oxygen atoms in total. The van der Waals surface area contributed by atoms with Crippen LogP contribution in [0.25, 0.3) is 0 Å². The van der Waals surface area contributed by atoms with Crippen LogP contribution < -0.4 is 20.3 Å². The largest absolute Gasteiger partial charge is 0.495 e. The highest BCUT2D eigenvalue weighted by molar-refractivity contribution is 6.35. The first-order chi connectivity index (χ1) is 13.1. The van der Waals surface area contributed by atoms with Gasteiger partial charge in [0.1, 0.15) is 5.75 Å². The van der Waals surface area contributed by atoms with E-state index in [1.807, 2.05) is 24.3 Å². The predicted molar refractivity (Wildman–Crippen MR) is 110 cm³/mol. The maximum absolute atomic E-state index is 12.1. The van der Waals surface area contributed by atoms with Gasteiger partial charge in [0.05, 0.1) is 12.8 Å². The van der Waals surface area contributed by atoms with Crippen molar-refractivity contribution in [3.05, 3.63) is 58.1 Å². The standard InChI is InChI=1S/C20H23Cl2N3O2/c1-27-19-5-3-2-4-18(19)25-9-8-14(13-25)11-23-20(26)24-12-15-6-7-16(21)10-17(15)22/h2-7,10,14H,8-9,11-13H2,1H3,(H2,23,24,26). The van der Waals surface area contributed by atoms with E-state index >= 15 is 0 Å². The molecule has 2 amide bonds. The molecular weight excluding hydrogens is 385 g/mol. The number of urea groups is 1. The van der Waals surface area contributed by atoms with Crippen molar-refractivity contribution in [3.8, 4) is 5.75 Å². The van der Waals surface area contributed by atoms with Gasteiger partial charge in [-0.15, -0.1) is 0 Å². The van der Waals surface area contributed by atoms with E-state index < -0.39 is 0 Å². The lowest BCUT2D eigenvalue weighted by Gasteiger charge is -2.21. The van der Waals surface area contributed by atoms with Crippen molar-refractivity contribution in [2.75, 3.05) is 31.6 Å². The van der Waals surface area contributed by atoms with Gasteiger partial charge in [-0.2, -0.15) is 0 Å². The first kappa shape index (κ1) is 19.6. The Morgan fingerprint density at radius 2 is 2.04 bits per heavy atom. The third-order valence-electron chi connectivity index (χ3n) is 4.72. The summed E-state index contributed by atoms with van der Waals surface area (Å²) in [5, 5.41) is 6.91. The zero-order chi connectivity index (χ0) is 19.2. The molecule has 2 aromatic rings. The van der Waals surface area contributed by atoms with Crippen molar-refractivity contribution in [2.24, 2.45) is 5.92 Å². The van der Waals surface area contributed by atoms with Gasteiger partial charge in [-0.05, 0) is 42.2 Å². The fourth-order valence-corrected chi connectivity index (χ4v) is 3.72. The summed E-state index contributed by atoms with van der Waals surface area (Å²) >= 11 is 12.0. The molecule has 1 aliphatic rings. The van der Waals surface area contributed by atoms with E-state index in [0.29, 0.717) is 29.1 Å². The second-order valence-electron chi connectivity index (χ2n) is 6.57. The molecule has 1 atom stereocenters. The Hall–Kier alpha value is -2.11. The summed E-state index contributed by atoms with van der Waals surface area (Å²) in [7, 11) is 1.69. The molecule has 1 heterocycles. The van der Waals surface area contributed by atoms with E-state index in [2.05, 4.69) is 21.6 Å². The third kappa shape index (κ3) is 5.21. The number of nitrogens with one attached hydrogen (secondary N) is 2. The third-order valence-corrected chi connectivity index (χ3v) is 5.30. The van der Waals surface area contributed by atoms with Crippen LogP contribution in [0.1, 0.15) is 12.0 Å². The fraction of sp³-hybridized carbons (Fsp3) is 0.350. The Kier molecular flexibility index (Phi) is 6.69. The van der Waals surface area contributed by atoms with Crippen molar-refractivity contribution < 1.29 is 9.53 Å². The minimum Gasteiger partial charge on any atom is -0.495 e. The predicted octanol–water partition coefficient (Wildman–Crippen LogP) is 4.33. The maximum atomic E-state index is 12.1. The number of hydrogen-bond acceptors (Lipinski definition) is 3. The highest BCUT2D eigenvalue weighted by Crippen LogP contribution is 2.31. The van der Waals surface area contributed by atoms with Crippen LogP contribution in [-0.2, 0) is 6.54 Å². The summed E-state index contributed by atoms with van der Waals surface area (Å²) < 4.78 is 5.44. The van der Waals surface area contributed by atoms with Gasteiger partial charge in [-0.25, -0.2) is 4.79 Å². The second kappa shape index (κ2) is 9.20. The Labute approximate surface area is 169 Å². The van der Waals surface area contributed by atoms with E-state index in [4.69, 9.17) is 27.9 Å². The van der Waals surface area contributed by atoms with Crippen molar-refractivity contribution in [2.45, 2.75) is 13.0 Å². The topological polar surface area (TPSA) is 53.6 Å². The van der Waals surface area contributed by atoms with Crippen molar-refractivity contribution in [3.63, 3.8) is 0 Å². The van der Waals surface area contributed by atoms with Crippen LogP contribution in [0.15, 0.2) is 42.5 Å². The lowest BCUT2D eigenvalue weighted by Crippen LogP contribution is -2.38. The van der Waals surface area contributed by atoms with Gasteiger partial charge < -0.3 is 20.3 Å². The van der Waals surface area contributed by atoms with Crippen LogP contribution in [0, 0.1) is 5.92 Å². The minimum absolute atomic E-state index is 0.197. The number of amides is 2. The first-order valence-electron chi connectivity index (χ1n) is 8.90. The van der Waals surface area contributed by atoms with E-state index in [9.17, 15) is 4.79 Å². The molecule has 0 bridgehead atoms. The Morgan fingerprint density at radius 1 is 1.22 bits per heavy atom. The van der Waals surface area contributed by atoms with Gasteiger partial charge in [-0.3, -0.25) is 0 Å². The number of para-hydroxylation sites is 2. The van der Waals surface area contributed by atoms with Crippen molar-refractivity contribution in [1.82, 2.24) is 10.6 Å². The number of rotatable bonds is 6. The summed E-state index contributed by atoms with van der Waals surface area (Å²) in [6, 6.07) is 13.1. The fourth-order valence-electron chi connectivity index (χ4n) is 3.25. The molecule has 0 saturated carbocycles. The quantitative estimate of drug-likeness (QED) is 0.748. The number of nitrogens with zero attached hydrogens (tertiary/aromatic N) is 1. The molecule has 1 unspecified atom stereocenters.